The second-order valence-electron chi connectivity index (χ2n) is 3.63. The normalized spacial score (nSPS) is 11.4. The minimum absolute atomic E-state index is 0.286. The van der Waals surface area contributed by atoms with Crippen molar-refractivity contribution in [3.8, 4) is 11.6 Å². The summed E-state index contributed by atoms with van der Waals surface area (Å²) in [6, 6.07) is 4.72. The minimum Gasteiger partial charge on any atom is -0.436 e. The average molecular weight is 352 g/mol. The molecule has 0 unspecified atom stereocenters. The van der Waals surface area contributed by atoms with E-state index in [1.54, 1.807) is 0 Å². The Balaban J connectivity index is 2.39. The van der Waals surface area contributed by atoms with Gasteiger partial charge in [0, 0.05) is 10.5 Å². The van der Waals surface area contributed by atoms with Gasteiger partial charge in [0.2, 0.25) is 11.7 Å². The Hall–Kier alpha value is -1.90. The van der Waals surface area contributed by atoms with Gasteiger partial charge in [-0.05, 0) is 18.2 Å². The molecule has 2 rings (SSSR count). The van der Waals surface area contributed by atoms with Gasteiger partial charge in [-0.2, -0.15) is 18.2 Å². The van der Waals surface area contributed by atoms with E-state index in [2.05, 4.69) is 25.9 Å². The molecule has 0 aliphatic rings. The summed E-state index contributed by atoms with van der Waals surface area (Å²) in [6.07, 6.45) is -4.77. The molecule has 1 heterocycles. The molecule has 2 N–H and O–H groups in total. The van der Waals surface area contributed by atoms with Gasteiger partial charge in [0.15, 0.2) is 11.6 Å². The SMILES string of the molecule is Nc1cc(Oc2cc(Br)ccc2F)nc(C(F)(F)F)n1. The molecule has 9 heteroatoms. The van der Waals surface area contributed by atoms with Crippen molar-refractivity contribution in [1.29, 1.82) is 0 Å². The van der Waals surface area contributed by atoms with Gasteiger partial charge in [-0.3, -0.25) is 0 Å². The lowest BCUT2D eigenvalue weighted by molar-refractivity contribution is -0.145. The van der Waals surface area contributed by atoms with Gasteiger partial charge in [-0.1, -0.05) is 15.9 Å². The molecule has 1 aromatic heterocycles. The summed E-state index contributed by atoms with van der Waals surface area (Å²) in [7, 11) is 0. The van der Waals surface area contributed by atoms with Gasteiger partial charge in [-0.15, -0.1) is 0 Å². The summed E-state index contributed by atoms with van der Waals surface area (Å²) >= 11 is 3.09. The molecule has 0 radical (unpaired) electrons. The van der Waals surface area contributed by atoms with Crippen molar-refractivity contribution in [1.82, 2.24) is 9.97 Å². The molecule has 0 aliphatic carbocycles. The van der Waals surface area contributed by atoms with E-state index in [1.165, 1.54) is 12.1 Å². The molecule has 0 fully saturated rings. The lowest BCUT2D eigenvalue weighted by Crippen LogP contribution is -2.13. The predicted molar refractivity (Wildman–Crippen MR) is 65.6 cm³/mol. The highest BCUT2D eigenvalue weighted by molar-refractivity contribution is 9.10. The van der Waals surface area contributed by atoms with Crippen LogP contribution in [-0.4, -0.2) is 9.97 Å². The topological polar surface area (TPSA) is 61.0 Å². The quantitative estimate of drug-likeness (QED) is 0.836. The molecular weight excluding hydrogens is 346 g/mol. The molecule has 0 saturated carbocycles. The van der Waals surface area contributed by atoms with Crippen molar-refractivity contribution in [2.75, 3.05) is 5.73 Å². The standard InChI is InChI=1S/C11H6BrF4N3O/c12-5-1-2-6(13)7(3-5)20-9-4-8(17)18-10(19-9)11(14,15)16/h1-4H,(H2,17,18,19). The predicted octanol–water partition coefficient (Wildman–Crippen LogP) is 3.77. The molecule has 0 amide bonds. The average Bonchev–Trinajstić information content (AvgIpc) is 2.32. The molecule has 2 aromatic rings. The Bertz CT molecular complexity index is 648. The van der Waals surface area contributed by atoms with Crippen molar-refractivity contribution in [2.24, 2.45) is 0 Å². The number of nitrogens with zero attached hydrogens (tertiary/aromatic N) is 2. The van der Waals surface area contributed by atoms with Crippen LogP contribution < -0.4 is 10.5 Å². The zero-order chi connectivity index (χ0) is 14.9. The first kappa shape index (κ1) is 14.5. The highest BCUT2D eigenvalue weighted by Gasteiger charge is 2.35. The number of alkyl halides is 3. The van der Waals surface area contributed by atoms with Crippen LogP contribution in [0.3, 0.4) is 0 Å². The lowest BCUT2D eigenvalue weighted by Gasteiger charge is -2.10. The molecule has 0 bridgehead atoms. The third kappa shape index (κ3) is 3.35. The Morgan fingerprint density at radius 2 is 1.85 bits per heavy atom. The molecule has 0 atom stereocenters. The third-order valence-electron chi connectivity index (χ3n) is 2.08. The zero-order valence-electron chi connectivity index (χ0n) is 9.58. The summed E-state index contributed by atoms with van der Waals surface area (Å²) in [4.78, 5) is 6.20. The number of hydrogen-bond acceptors (Lipinski definition) is 4. The van der Waals surface area contributed by atoms with Gasteiger partial charge >= 0.3 is 6.18 Å². The van der Waals surface area contributed by atoms with E-state index in [4.69, 9.17) is 10.5 Å². The Kier molecular flexibility index (Phi) is 3.80. The minimum atomic E-state index is -4.77. The number of halogens is 5. The molecular formula is C11H6BrF4N3O. The fraction of sp³-hybridized carbons (Fsp3) is 0.0909. The Morgan fingerprint density at radius 3 is 2.50 bits per heavy atom. The van der Waals surface area contributed by atoms with Gasteiger partial charge < -0.3 is 10.5 Å². The first-order chi connectivity index (χ1) is 9.25. The van der Waals surface area contributed by atoms with Crippen LogP contribution in [0.5, 0.6) is 11.6 Å². The van der Waals surface area contributed by atoms with E-state index in [0.717, 1.165) is 12.1 Å². The second kappa shape index (κ2) is 5.23. The van der Waals surface area contributed by atoms with Crippen molar-refractivity contribution in [3.05, 3.63) is 40.4 Å². The van der Waals surface area contributed by atoms with Crippen LogP contribution in [0.1, 0.15) is 5.82 Å². The van der Waals surface area contributed by atoms with Crippen LogP contribution in [0.25, 0.3) is 0 Å². The van der Waals surface area contributed by atoms with Gasteiger partial charge in [0.05, 0.1) is 0 Å². The van der Waals surface area contributed by atoms with E-state index in [-0.39, 0.29) is 5.75 Å². The summed E-state index contributed by atoms with van der Waals surface area (Å²) < 4.78 is 56.4. The fourth-order valence-corrected chi connectivity index (χ4v) is 1.63. The summed E-state index contributed by atoms with van der Waals surface area (Å²) in [5.41, 5.74) is 5.24. The fourth-order valence-electron chi connectivity index (χ4n) is 1.29. The van der Waals surface area contributed by atoms with Crippen LogP contribution in [0.4, 0.5) is 23.4 Å². The highest BCUT2D eigenvalue weighted by atomic mass is 79.9. The maximum absolute atomic E-state index is 13.4. The van der Waals surface area contributed by atoms with E-state index in [1.807, 2.05) is 0 Å². The molecule has 0 spiro atoms. The summed E-state index contributed by atoms with van der Waals surface area (Å²) in [6.45, 7) is 0. The molecule has 0 saturated heterocycles. The number of benzene rings is 1. The number of nitrogen functional groups attached to an aromatic ring is 1. The number of ether oxygens (including phenoxy) is 1. The molecule has 1 aromatic carbocycles. The Labute approximate surface area is 118 Å². The van der Waals surface area contributed by atoms with E-state index in [9.17, 15) is 17.6 Å². The van der Waals surface area contributed by atoms with E-state index >= 15 is 0 Å². The number of anilines is 1. The highest BCUT2D eigenvalue weighted by Crippen LogP contribution is 2.31. The molecule has 20 heavy (non-hydrogen) atoms. The van der Waals surface area contributed by atoms with E-state index in [0.29, 0.717) is 4.47 Å². The van der Waals surface area contributed by atoms with Gasteiger partial charge in [0.25, 0.3) is 0 Å². The molecule has 0 aliphatic heterocycles. The maximum Gasteiger partial charge on any atom is 0.451 e. The van der Waals surface area contributed by atoms with Crippen molar-refractivity contribution in [2.45, 2.75) is 6.18 Å². The lowest BCUT2D eigenvalue weighted by atomic mass is 10.3. The second-order valence-corrected chi connectivity index (χ2v) is 4.54. The zero-order valence-corrected chi connectivity index (χ0v) is 11.2. The van der Waals surface area contributed by atoms with Crippen LogP contribution in [-0.2, 0) is 6.18 Å². The number of aromatic nitrogens is 2. The van der Waals surface area contributed by atoms with Crippen LogP contribution in [0, 0.1) is 5.82 Å². The first-order valence-corrected chi connectivity index (χ1v) is 5.89. The van der Waals surface area contributed by atoms with E-state index < -0.39 is 29.5 Å². The first-order valence-electron chi connectivity index (χ1n) is 5.10. The van der Waals surface area contributed by atoms with Crippen molar-refractivity contribution >= 4 is 21.7 Å². The number of nitrogens with two attached hydrogens (primary N) is 1. The van der Waals surface area contributed by atoms with Crippen molar-refractivity contribution in [3.63, 3.8) is 0 Å². The van der Waals surface area contributed by atoms with Crippen LogP contribution in [0.15, 0.2) is 28.7 Å². The van der Waals surface area contributed by atoms with Gasteiger partial charge in [-0.25, -0.2) is 9.37 Å². The smallest absolute Gasteiger partial charge is 0.436 e. The third-order valence-corrected chi connectivity index (χ3v) is 2.58. The van der Waals surface area contributed by atoms with Gasteiger partial charge in [0.1, 0.15) is 5.82 Å². The molecule has 4 nitrogen and oxygen atoms in total. The van der Waals surface area contributed by atoms with Crippen LogP contribution in [0.2, 0.25) is 0 Å². The van der Waals surface area contributed by atoms with Crippen molar-refractivity contribution < 1.29 is 22.3 Å². The maximum atomic E-state index is 13.4. The largest absolute Gasteiger partial charge is 0.451 e. The summed E-state index contributed by atoms with van der Waals surface area (Å²) in [5, 5.41) is 0. The summed E-state index contributed by atoms with van der Waals surface area (Å²) in [5.74, 6) is -3.42. The van der Waals surface area contributed by atoms with Crippen LogP contribution >= 0.6 is 15.9 Å². The Morgan fingerprint density at radius 1 is 1.15 bits per heavy atom. The monoisotopic (exact) mass is 351 g/mol. The number of rotatable bonds is 2. The molecule has 106 valence electrons. The number of hydrogen-bond donors (Lipinski definition) is 1.